The van der Waals surface area contributed by atoms with Gasteiger partial charge in [0.25, 0.3) is 0 Å². The molecule has 0 aromatic heterocycles. The first-order valence-electron chi connectivity index (χ1n) is 11.3. The van der Waals surface area contributed by atoms with Gasteiger partial charge in [0, 0.05) is 11.4 Å². The van der Waals surface area contributed by atoms with Crippen LogP contribution in [0.3, 0.4) is 0 Å². The van der Waals surface area contributed by atoms with Gasteiger partial charge >= 0.3 is 0 Å². The van der Waals surface area contributed by atoms with E-state index in [0.717, 1.165) is 30.6 Å². The van der Waals surface area contributed by atoms with E-state index in [9.17, 15) is 0 Å². The first-order valence-corrected chi connectivity index (χ1v) is 11.3. The summed E-state index contributed by atoms with van der Waals surface area (Å²) in [5.41, 5.74) is 19.1. The van der Waals surface area contributed by atoms with Crippen molar-refractivity contribution in [1.82, 2.24) is 0 Å². The van der Waals surface area contributed by atoms with Gasteiger partial charge in [-0.1, -0.05) is 78.6 Å². The fourth-order valence-corrected chi connectivity index (χ4v) is 3.95. The topological polar surface area (TPSA) is 52.0 Å². The van der Waals surface area contributed by atoms with Gasteiger partial charge in [-0.3, -0.25) is 0 Å². The van der Waals surface area contributed by atoms with E-state index in [4.69, 9.17) is 11.5 Å². The van der Waals surface area contributed by atoms with Crippen LogP contribution in [0.1, 0.15) is 115 Å². The van der Waals surface area contributed by atoms with E-state index in [2.05, 4.69) is 20.8 Å². The molecule has 1 aromatic carbocycles. The molecule has 0 bridgehead atoms. The van der Waals surface area contributed by atoms with Crippen LogP contribution in [0.2, 0.25) is 0 Å². The van der Waals surface area contributed by atoms with E-state index in [1.165, 1.54) is 93.7 Å². The molecule has 0 amide bonds. The normalized spacial score (nSPS) is 11.2. The molecule has 150 valence electrons. The van der Waals surface area contributed by atoms with Crippen LogP contribution in [0.5, 0.6) is 0 Å². The Labute approximate surface area is 163 Å². The molecule has 1 rings (SSSR count). The monoisotopic (exact) mass is 360 g/mol. The highest BCUT2D eigenvalue weighted by molar-refractivity contribution is 5.65. The summed E-state index contributed by atoms with van der Waals surface area (Å²) in [6.45, 7) is 6.81. The molecule has 0 aliphatic heterocycles. The van der Waals surface area contributed by atoms with Crippen molar-refractivity contribution in [1.29, 1.82) is 0 Å². The second kappa shape index (κ2) is 13.9. The highest BCUT2D eigenvalue weighted by atomic mass is 14.6. The van der Waals surface area contributed by atoms with Gasteiger partial charge < -0.3 is 11.5 Å². The molecule has 4 N–H and O–H groups in total. The van der Waals surface area contributed by atoms with E-state index in [-0.39, 0.29) is 0 Å². The lowest BCUT2D eigenvalue weighted by Gasteiger charge is -2.20. The molecule has 0 aliphatic carbocycles. The fourth-order valence-electron chi connectivity index (χ4n) is 3.95. The molecule has 1 aromatic rings. The molecule has 26 heavy (non-hydrogen) atoms. The summed E-state index contributed by atoms with van der Waals surface area (Å²) in [7, 11) is 0. The number of rotatable bonds is 15. The Balaban J connectivity index is 2.94. The predicted molar refractivity (Wildman–Crippen MR) is 119 cm³/mol. The molecular formula is C24H44N2. The molecule has 2 nitrogen and oxygen atoms in total. The molecule has 0 saturated heterocycles. The maximum Gasteiger partial charge on any atom is 0.0370 e. The van der Waals surface area contributed by atoms with Gasteiger partial charge in [0.1, 0.15) is 0 Å². The van der Waals surface area contributed by atoms with Gasteiger partial charge in [-0.2, -0.15) is 0 Å². The summed E-state index contributed by atoms with van der Waals surface area (Å²) in [4.78, 5) is 0. The minimum atomic E-state index is 0.932. The average Bonchev–Trinajstić information content (AvgIpc) is 2.62. The molecule has 0 unspecified atom stereocenters. The van der Waals surface area contributed by atoms with Crippen molar-refractivity contribution in [2.24, 2.45) is 0 Å². The van der Waals surface area contributed by atoms with Crippen molar-refractivity contribution in [2.45, 2.75) is 117 Å². The lowest BCUT2D eigenvalue weighted by molar-refractivity contribution is 0.640. The highest BCUT2D eigenvalue weighted by Gasteiger charge is 2.15. The summed E-state index contributed by atoms with van der Waals surface area (Å²) >= 11 is 0. The minimum Gasteiger partial charge on any atom is -0.398 e. The number of hydrogen-bond donors (Lipinski definition) is 2. The van der Waals surface area contributed by atoms with Crippen LogP contribution in [-0.2, 0) is 19.3 Å². The van der Waals surface area contributed by atoms with Crippen LogP contribution < -0.4 is 11.5 Å². The Morgan fingerprint density at radius 1 is 0.500 bits per heavy atom. The third-order valence-corrected chi connectivity index (χ3v) is 5.58. The van der Waals surface area contributed by atoms with Gasteiger partial charge in [0.05, 0.1) is 0 Å². The van der Waals surface area contributed by atoms with Crippen molar-refractivity contribution >= 4 is 11.4 Å². The van der Waals surface area contributed by atoms with Crippen molar-refractivity contribution in [3.05, 3.63) is 22.8 Å². The van der Waals surface area contributed by atoms with Crippen LogP contribution in [0, 0.1) is 0 Å². The van der Waals surface area contributed by atoms with E-state index in [0.29, 0.717) is 0 Å². The molecular weight excluding hydrogens is 316 g/mol. The number of hydrogen-bond acceptors (Lipinski definition) is 2. The maximum absolute atomic E-state index is 6.43. The summed E-state index contributed by atoms with van der Waals surface area (Å²) in [5.74, 6) is 0. The van der Waals surface area contributed by atoms with Crippen molar-refractivity contribution in [2.75, 3.05) is 11.5 Å². The van der Waals surface area contributed by atoms with Crippen molar-refractivity contribution < 1.29 is 0 Å². The Hall–Kier alpha value is -1.18. The number of unbranched alkanes of at least 4 members (excludes halogenated alkanes) is 9. The lowest BCUT2D eigenvalue weighted by Crippen LogP contribution is -2.09. The van der Waals surface area contributed by atoms with Crippen LogP contribution in [0.15, 0.2) is 6.07 Å². The Bertz CT molecular complexity index is 457. The molecule has 0 spiro atoms. The van der Waals surface area contributed by atoms with E-state index < -0.39 is 0 Å². The highest BCUT2D eigenvalue weighted by Crippen LogP contribution is 2.32. The second-order valence-corrected chi connectivity index (χ2v) is 7.92. The zero-order chi connectivity index (χ0) is 19.2. The zero-order valence-electron chi connectivity index (χ0n) is 17.8. The minimum absolute atomic E-state index is 0.932. The lowest BCUT2D eigenvalue weighted by atomic mass is 9.88. The third-order valence-electron chi connectivity index (χ3n) is 5.58. The first-order chi connectivity index (χ1) is 12.7. The fraction of sp³-hybridized carbons (Fsp3) is 0.750. The number of nitrogens with two attached hydrogens (primary N) is 2. The molecule has 0 heterocycles. The SMILES string of the molecule is CCCCCCc1c(N)cc(N)c(CCCCCC)c1CCCCCC. The van der Waals surface area contributed by atoms with E-state index in [1.807, 2.05) is 6.07 Å². The smallest absolute Gasteiger partial charge is 0.0370 e. The largest absolute Gasteiger partial charge is 0.398 e. The van der Waals surface area contributed by atoms with Crippen LogP contribution in [0.25, 0.3) is 0 Å². The summed E-state index contributed by atoms with van der Waals surface area (Å²) in [5, 5.41) is 0. The van der Waals surface area contributed by atoms with Crippen LogP contribution >= 0.6 is 0 Å². The van der Waals surface area contributed by atoms with Crippen LogP contribution in [-0.4, -0.2) is 0 Å². The molecule has 2 heteroatoms. The van der Waals surface area contributed by atoms with Gasteiger partial charge in [0.2, 0.25) is 0 Å². The number of anilines is 2. The summed E-state index contributed by atoms with van der Waals surface area (Å²) in [6, 6.07) is 2.04. The van der Waals surface area contributed by atoms with Crippen molar-refractivity contribution in [3.8, 4) is 0 Å². The van der Waals surface area contributed by atoms with Gasteiger partial charge in [0.15, 0.2) is 0 Å². The zero-order valence-corrected chi connectivity index (χ0v) is 17.8. The standard InChI is InChI=1S/C24H44N2/c1-4-7-10-13-16-20-21(17-14-11-8-5-2)23(25)19-24(26)22(20)18-15-12-9-6-3/h19H,4-18,25-26H2,1-3H3. The number of nitrogen functional groups attached to an aromatic ring is 2. The van der Waals surface area contributed by atoms with E-state index >= 15 is 0 Å². The molecule has 0 aliphatic rings. The number of benzene rings is 1. The van der Waals surface area contributed by atoms with Gasteiger partial charge in [-0.15, -0.1) is 0 Å². The second-order valence-electron chi connectivity index (χ2n) is 7.92. The van der Waals surface area contributed by atoms with E-state index in [1.54, 1.807) is 0 Å². The van der Waals surface area contributed by atoms with Gasteiger partial charge in [-0.25, -0.2) is 0 Å². The molecule has 0 saturated carbocycles. The first kappa shape index (κ1) is 22.9. The Morgan fingerprint density at radius 2 is 0.846 bits per heavy atom. The Kier molecular flexibility index (Phi) is 12.3. The average molecular weight is 361 g/mol. The summed E-state index contributed by atoms with van der Waals surface area (Å²) in [6.07, 6.45) is 18.9. The van der Waals surface area contributed by atoms with Crippen LogP contribution in [0.4, 0.5) is 11.4 Å². The molecule has 0 radical (unpaired) electrons. The molecule has 0 fully saturated rings. The summed E-state index contributed by atoms with van der Waals surface area (Å²) < 4.78 is 0. The maximum atomic E-state index is 6.43. The predicted octanol–water partition coefficient (Wildman–Crippen LogP) is 7.22. The quantitative estimate of drug-likeness (QED) is 0.256. The Morgan fingerprint density at radius 3 is 1.19 bits per heavy atom. The van der Waals surface area contributed by atoms with Crippen molar-refractivity contribution in [3.63, 3.8) is 0 Å². The molecule has 0 atom stereocenters. The van der Waals surface area contributed by atoms with Gasteiger partial charge in [-0.05, 0) is 61.3 Å². The third kappa shape index (κ3) is 8.01.